The lowest BCUT2D eigenvalue weighted by atomic mass is 9.83. The first-order chi connectivity index (χ1) is 16.9. The zero-order valence-corrected chi connectivity index (χ0v) is 23.0. The fourth-order valence-electron chi connectivity index (χ4n) is 4.61. The van der Waals surface area contributed by atoms with E-state index >= 15 is 0 Å². The molecule has 1 fully saturated rings. The van der Waals surface area contributed by atoms with Gasteiger partial charge in [0.1, 0.15) is 20.4 Å². The number of piperidine rings is 1. The van der Waals surface area contributed by atoms with E-state index in [1.165, 1.54) is 0 Å². The van der Waals surface area contributed by atoms with Gasteiger partial charge in [-0.2, -0.15) is 0 Å². The number of hydrogen-bond donors (Lipinski definition) is 2. The topological polar surface area (TPSA) is 70.7 Å². The highest BCUT2D eigenvalue weighted by molar-refractivity contribution is 6.83. The van der Waals surface area contributed by atoms with Crippen molar-refractivity contribution in [3.05, 3.63) is 65.4 Å². The second kappa shape index (κ2) is 9.96. The van der Waals surface area contributed by atoms with E-state index in [2.05, 4.69) is 67.0 Å². The molecule has 188 valence electrons. The molecule has 2 aliphatic heterocycles. The van der Waals surface area contributed by atoms with Gasteiger partial charge in [0.2, 0.25) is 11.8 Å². The van der Waals surface area contributed by atoms with Crippen LogP contribution in [0.5, 0.6) is 5.75 Å². The maximum atomic E-state index is 12.6. The zero-order chi connectivity index (χ0) is 26.1. The normalized spacial score (nSPS) is 21.7. The van der Waals surface area contributed by atoms with E-state index in [9.17, 15) is 9.59 Å². The van der Waals surface area contributed by atoms with Gasteiger partial charge < -0.3 is 9.75 Å². The number of imide groups is 1. The van der Waals surface area contributed by atoms with Crippen LogP contribution < -0.4 is 15.5 Å². The summed E-state index contributed by atoms with van der Waals surface area (Å²) in [4.78, 5) is 24.3. The molecule has 2 aliphatic rings. The lowest BCUT2D eigenvalue weighted by molar-refractivity contribution is -0.134. The molecular weight excluding hydrogens is 466 g/mol. The molecule has 0 radical (unpaired) electrons. The molecule has 7 heteroatoms. The Kier molecular flexibility index (Phi) is 7.12. The summed E-state index contributed by atoms with van der Waals surface area (Å²) in [5.41, 5.74) is 11.6. The molecule has 4 rings (SSSR count). The molecule has 2 aromatic carbocycles. The molecule has 36 heavy (non-hydrogen) atoms. The van der Waals surface area contributed by atoms with Crippen LogP contribution in [0.2, 0.25) is 19.6 Å². The third-order valence-corrected chi connectivity index (χ3v) is 7.35. The summed E-state index contributed by atoms with van der Waals surface area (Å²) in [5, 5.41) is 4.42. The van der Waals surface area contributed by atoms with E-state index in [0.717, 1.165) is 33.6 Å². The smallest absolute Gasteiger partial charge is 0.234 e. The molecule has 1 saturated heterocycles. The molecule has 2 N–H and O–H groups in total. The number of nitrogens with zero attached hydrogens (tertiary/aromatic N) is 1. The third kappa shape index (κ3) is 5.89. The standard InChI is InChI=1S/C29H35N3O3Si/c1-20-24(25-13-14-26(33)30-28(25)34)12-9-22(15-18-36(4,5)6)27(20)21-7-10-23(11-8-21)35-19-29(2)16-17-32(3)31-29/h7-12,16-17,25,31H,13-14,19H2,1-6H3,(H,30,33,34). The Morgan fingerprint density at radius 2 is 1.86 bits per heavy atom. The number of benzene rings is 2. The highest BCUT2D eigenvalue weighted by Gasteiger charge is 2.30. The first-order valence-corrected chi connectivity index (χ1v) is 15.9. The van der Waals surface area contributed by atoms with Crippen LogP contribution >= 0.6 is 0 Å². The largest absolute Gasteiger partial charge is 0.491 e. The van der Waals surface area contributed by atoms with Gasteiger partial charge in [0.25, 0.3) is 0 Å². The van der Waals surface area contributed by atoms with Gasteiger partial charge in [-0.05, 0) is 61.2 Å². The van der Waals surface area contributed by atoms with Crippen LogP contribution in [0.15, 0.2) is 48.7 Å². The van der Waals surface area contributed by atoms with Crippen molar-refractivity contribution in [3.63, 3.8) is 0 Å². The van der Waals surface area contributed by atoms with E-state index in [0.29, 0.717) is 19.4 Å². The van der Waals surface area contributed by atoms with Crippen LogP contribution in [0.1, 0.15) is 42.4 Å². The molecule has 2 unspecified atom stereocenters. The molecule has 2 heterocycles. The van der Waals surface area contributed by atoms with Crippen molar-refractivity contribution in [2.24, 2.45) is 0 Å². The zero-order valence-electron chi connectivity index (χ0n) is 22.0. The van der Waals surface area contributed by atoms with Crippen LogP contribution in [0.3, 0.4) is 0 Å². The molecule has 0 saturated carbocycles. The first-order valence-electron chi connectivity index (χ1n) is 12.4. The number of carbonyl (C=O) groups is 2. The van der Waals surface area contributed by atoms with Crippen LogP contribution in [0.25, 0.3) is 11.1 Å². The number of hydrogen-bond acceptors (Lipinski definition) is 5. The Bertz CT molecular complexity index is 1270. The first kappa shape index (κ1) is 25.7. The monoisotopic (exact) mass is 501 g/mol. The van der Waals surface area contributed by atoms with Crippen molar-refractivity contribution in [1.82, 2.24) is 15.8 Å². The second-order valence-corrected chi connectivity index (χ2v) is 15.7. The van der Waals surface area contributed by atoms with E-state index in [-0.39, 0.29) is 23.3 Å². The summed E-state index contributed by atoms with van der Waals surface area (Å²) < 4.78 is 6.08. The summed E-state index contributed by atoms with van der Waals surface area (Å²) in [7, 11) is 0.375. The summed E-state index contributed by atoms with van der Waals surface area (Å²) in [5.74, 6) is 3.46. The van der Waals surface area contributed by atoms with Gasteiger partial charge in [0, 0.05) is 30.8 Å². The maximum Gasteiger partial charge on any atom is 0.234 e. The quantitative estimate of drug-likeness (QED) is 0.358. The highest BCUT2D eigenvalue weighted by Crippen LogP contribution is 2.36. The minimum atomic E-state index is -1.59. The molecule has 2 atom stereocenters. The predicted molar refractivity (Wildman–Crippen MR) is 146 cm³/mol. The van der Waals surface area contributed by atoms with E-state index in [4.69, 9.17) is 4.74 Å². The minimum Gasteiger partial charge on any atom is -0.491 e. The Balaban J connectivity index is 1.67. The number of amides is 2. The summed E-state index contributed by atoms with van der Waals surface area (Å²) in [6, 6.07) is 12.1. The van der Waals surface area contributed by atoms with Gasteiger partial charge in [-0.1, -0.05) is 43.8 Å². The predicted octanol–water partition coefficient (Wildman–Crippen LogP) is 4.51. The fourth-order valence-corrected chi connectivity index (χ4v) is 5.12. The Hall–Kier alpha value is -3.34. The number of hydrazine groups is 1. The molecule has 0 spiro atoms. The van der Waals surface area contributed by atoms with Crippen molar-refractivity contribution in [2.75, 3.05) is 13.7 Å². The summed E-state index contributed by atoms with van der Waals surface area (Å²) >= 11 is 0. The van der Waals surface area contributed by atoms with E-state index in [1.54, 1.807) is 0 Å². The van der Waals surface area contributed by atoms with Crippen molar-refractivity contribution >= 4 is 19.9 Å². The van der Waals surface area contributed by atoms with Gasteiger partial charge in [-0.15, -0.1) is 5.54 Å². The molecule has 2 amide bonds. The van der Waals surface area contributed by atoms with Crippen molar-refractivity contribution < 1.29 is 14.3 Å². The number of nitrogens with one attached hydrogen (secondary N) is 2. The van der Waals surface area contributed by atoms with Crippen molar-refractivity contribution in [3.8, 4) is 28.3 Å². The van der Waals surface area contributed by atoms with Crippen LogP contribution in [-0.2, 0) is 9.59 Å². The molecule has 0 aromatic heterocycles. The maximum absolute atomic E-state index is 12.6. The average molecular weight is 502 g/mol. The number of ether oxygens (including phenoxy) is 1. The van der Waals surface area contributed by atoms with Gasteiger partial charge in [-0.25, -0.2) is 5.43 Å². The minimum absolute atomic E-state index is 0.203. The lowest BCUT2D eigenvalue weighted by Crippen LogP contribution is -2.46. The SMILES string of the molecule is Cc1c(C2CCC(=O)NC2=O)ccc(C#C[Si](C)(C)C)c1-c1ccc(OCC2(C)C=CN(C)N2)cc1. The van der Waals surface area contributed by atoms with E-state index in [1.807, 2.05) is 49.4 Å². The van der Waals surface area contributed by atoms with Gasteiger partial charge in [0.15, 0.2) is 0 Å². The Labute approximate surface area is 215 Å². The van der Waals surface area contributed by atoms with Gasteiger partial charge in [-0.3, -0.25) is 14.9 Å². The van der Waals surface area contributed by atoms with Crippen LogP contribution in [0, 0.1) is 18.4 Å². The molecule has 2 aromatic rings. The second-order valence-electron chi connectivity index (χ2n) is 11.0. The van der Waals surface area contributed by atoms with E-state index < -0.39 is 8.07 Å². The van der Waals surface area contributed by atoms with Crippen LogP contribution in [-0.4, -0.2) is 44.1 Å². The fraction of sp³-hybridized carbons (Fsp3) is 0.379. The molecule has 0 bridgehead atoms. The van der Waals surface area contributed by atoms with Gasteiger partial charge in [0.05, 0.1) is 11.5 Å². The Morgan fingerprint density at radius 3 is 2.47 bits per heavy atom. The summed E-state index contributed by atoms with van der Waals surface area (Å²) in [6.07, 6.45) is 4.96. The molecule has 0 aliphatic carbocycles. The van der Waals surface area contributed by atoms with Crippen molar-refractivity contribution in [1.29, 1.82) is 0 Å². The Morgan fingerprint density at radius 1 is 1.14 bits per heavy atom. The highest BCUT2D eigenvalue weighted by atomic mass is 28.3. The number of rotatable bonds is 5. The summed E-state index contributed by atoms with van der Waals surface area (Å²) in [6.45, 7) is 11.3. The lowest BCUT2D eigenvalue weighted by Gasteiger charge is -2.26. The molecule has 6 nitrogen and oxygen atoms in total. The van der Waals surface area contributed by atoms with Crippen molar-refractivity contribution in [2.45, 2.75) is 57.8 Å². The third-order valence-electron chi connectivity index (χ3n) is 6.47. The number of carbonyl (C=O) groups excluding carboxylic acids is 2. The van der Waals surface area contributed by atoms with Gasteiger partial charge >= 0.3 is 0 Å². The average Bonchev–Trinajstić information content (AvgIpc) is 3.15. The van der Waals surface area contributed by atoms with Crippen LogP contribution in [0.4, 0.5) is 0 Å². The molecular formula is C29H35N3O3Si.